The van der Waals surface area contributed by atoms with E-state index in [9.17, 15) is 0 Å². The lowest BCUT2D eigenvalue weighted by atomic mass is 9.43. The number of aromatic nitrogens is 6. The first-order valence-electron chi connectivity index (χ1n) is 25.6. The molecule has 72 heavy (non-hydrogen) atoms. The molecule has 6 nitrogen and oxygen atoms in total. The van der Waals surface area contributed by atoms with E-state index in [1.54, 1.807) is 5.56 Å². The van der Waals surface area contributed by atoms with E-state index in [1.807, 2.05) is 72.8 Å². The van der Waals surface area contributed by atoms with Crippen molar-refractivity contribution in [3.05, 3.63) is 217 Å². The second-order valence-corrected chi connectivity index (χ2v) is 20.6. The molecular weight excluding hydrogens is 877 g/mol. The van der Waals surface area contributed by atoms with Crippen molar-refractivity contribution in [3.63, 3.8) is 0 Å². The Kier molecular flexibility index (Phi) is 9.35. The highest BCUT2D eigenvalue weighted by Gasteiger charge is 2.61. The lowest BCUT2D eigenvalue weighted by Crippen LogP contribution is -2.55. The summed E-state index contributed by atoms with van der Waals surface area (Å²) in [5.41, 5.74) is 13.5. The predicted octanol–water partition coefficient (Wildman–Crippen LogP) is 15.8. The summed E-state index contributed by atoms with van der Waals surface area (Å²) in [5.74, 6) is 6.54. The van der Waals surface area contributed by atoms with Gasteiger partial charge in [0.05, 0.1) is 0 Å². The summed E-state index contributed by atoms with van der Waals surface area (Å²) in [5, 5.41) is 4.42. The molecule has 2 aromatic heterocycles. The monoisotopic (exact) mass is 924 g/mol. The van der Waals surface area contributed by atoms with Crippen LogP contribution >= 0.6 is 0 Å². The highest BCUT2D eigenvalue weighted by Crippen LogP contribution is 2.69. The van der Waals surface area contributed by atoms with Crippen molar-refractivity contribution in [2.24, 2.45) is 23.7 Å². The average molecular weight is 925 g/mol. The number of fused-ring (bicyclic) bond motifs is 5. The Morgan fingerprint density at radius 1 is 0.292 bits per heavy atom. The van der Waals surface area contributed by atoms with Gasteiger partial charge in [0.1, 0.15) is 0 Å². The third-order valence-electron chi connectivity index (χ3n) is 16.7. The zero-order chi connectivity index (χ0) is 47.3. The zero-order valence-corrected chi connectivity index (χ0v) is 39.7. The molecule has 0 saturated heterocycles. The van der Waals surface area contributed by atoms with Crippen LogP contribution in [-0.4, -0.2) is 29.9 Å². The van der Waals surface area contributed by atoms with Crippen LogP contribution in [0.5, 0.6) is 0 Å². The van der Waals surface area contributed by atoms with Crippen molar-refractivity contribution in [2.75, 3.05) is 0 Å². The van der Waals surface area contributed by atoms with E-state index >= 15 is 0 Å². The van der Waals surface area contributed by atoms with Crippen LogP contribution in [-0.2, 0) is 5.41 Å². The van der Waals surface area contributed by atoms with Crippen molar-refractivity contribution in [2.45, 2.75) is 37.5 Å². The molecule has 0 N–H and O–H groups in total. The molecule has 0 aliphatic heterocycles. The van der Waals surface area contributed by atoms with Crippen LogP contribution in [0.3, 0.4) is 0 Å². The number of hydrogen-bond acceptors (Lipinski definition) is 6. The van der Waals surface area contributed by atoms with Gasteiger partial charge in [-0.05, 0) is 129 Å². The normalized spacial score (nSPS) is 20.3. The Labute approximate surface area is 418 Å². The summed E-state index contributed by atoms with van der Waals surface area (Å²) in [6, 6.07) is 73.5. The van der Waals surface area contributed by atoms with E-state index in [-0.39, 0.29) is 5.41 Å². The van der Waals surface area contributed by atoms with Gasteiger partial charge in [-0.1, -0.05) is 182 Å². The van der Waals surface area contributed by atoms with Gasteiger partial charge in [0, 0.05) is 44.4 Å². The van der Waals surface area contributed by atoms with Crippen LogP contribution < -0.4 is 0 Å². The first kappa shape index (κ1) is 41.3. The van der Waals surface area contributed by atoms with E-state index in [2.05, 4.69) is 133 Å². The molecule has 342 valence electrons. The molecule has 11 aromatic rings. The van der Waals surface area contributed by atoms with Gasteiger partial charge in [0.2, 0.25) is 0 Å². The van der Waals surface area contributed by atoms with Crippen molar-refractivity contribution in [1.29, 1.82) is 0 Å². The fourth-order valence-corrected chi connectivity index (χ4v) is 13.9. The van der Waals surface area contributed by atoms with E-state index in [4.69, 9.17) is 29.9 Å². The minimum Gasteiger partial charge on any atom is -0.208 e. The quantitative estimate of drug-likeness (QED) is 0.148. The highest BCUT2D eigenvalue weighted by atomic mass is 15.0. The maximum absolute atomic E-state index is 5.49. The van der Waals surface area contributed by atoms with Gasteiger partial charge in [0.25, 0.3) is 0 Å². The van der Waals surface area contributed by atoms with Crippen LogP contribution in [0.15, 0.2) is 206 Å². The summed E-state index contributed by atoms with van der Waals surface area (Å²) < 4.78 is 0. The van der Waals surface area contributed by atoms with Gasteiger partial charge in [-0.2, -0.15) is 0 Å². The van der Waals surface area contributed by atoms with Gasteiger partial charge in [-0.25, -0.2) is 29.9 Å². The molecular formula is C66H48N6. The Bertz CT molecular complexity index is 3790. The largest absolute Gasteiger partial charge is 0.208 e. The molecule has 9 aromatic carbocycles. The number of nitrogens with zero attached hydrogens (tertiary/aromatic N) is 6. The van der Waals surface area contributed by atoms with Crippen molar-refractivity contribution < 1.29 is 0 Å². The van der Waals surface area contributed by atoms with Crippen molar-refractivity contribution >= 4 is 21.5 Å². The third-order valence-corrected chi connectivity index (χ3v) is 16.7. The first-order chi connectivity index (χ1) is 35.6. The van der Waals surface area contributed by atoms with E-state index in [1.165, 1.54) is 48.8 Å². The molecule has 4 bridgehead atoms. The maximum atomic E-state index is 5.49. The second-order valence-electron chi connectivity index (χ2n) is 20.6. The molecule has 0 atom stereocenters. The van der Waals surface area contributed by atoms with Gasteiger partial charge in [-0.15, -0.1) is 0 Å². The summed E-state index contributed by atoms with van der Waals surface area (Å²) in [6.07, 6.45) is 6.68. The zero-order valence-electron chi connectivity index (χ0n) is 39.7. The molecule has 2 heterocycles. The molecule has 0 unspecified atom stereocenters. The van der Waals surface area contributed by atoms with Crippen LogP contribution in [0.1, 0.15) is 43.2 Å². The van der Waals surface area contributed by atoms with Crippen LogP contribution in [0, 0.1) is 23.7 Å². The van der Waals surface area contributed by atoms with Gasteiger partial charge in [0.15, 0.2) is 34.9 Å². The van der Waals surface area contributed by atoms with Crippen LogP contribution in [0.2, 0.25) is 0 Å². The Hall–Kier alpha value is -8.48. The van der Waals surface area contributed by atoms with Crippen molar-refractivity contribution in [1.82, 2.24) is 29.9 Å². The minimum absolute atomic E-state index is 0.0152. The molecule has 6 heteroatoms. The molecule has 16 rings (SSSR count). The molecule has 4 saturated carbocycles. The molecule has 0 amide bonds. The smallest absolute Gasteiger partial charge is 0.164 e. The Morgan fingerprint density at radius 3 is 1.22 bits per heavy atom. The standard InChI is InChI=1S/C66H48N6/c1-5-17-42(18-6-1)60-67-61(43-19-7-2-8-20-43)70-64(69-60)55-39-56(65-71-62(44-21-9-3-10-22-44)68-63(72-65)45-23-11-4-12-24-45)59(54-37-47-26-14-13-25-46(47)36-53(54)55)48-29-30-52-51-27-15-16-28-57(51)66(58(52)38-48)49-32-40-31-41(34-49)35-50(66)33-40/h1-30,36-41,49-50H,31-35H2. The predicted molar refractivity (Wildman–Crippen MR) is 290 cm³/mol. The second kappa shape index (κ2) is 16.3. The molecule has 4 fully saturated rings. The van der Waals surface area contributed by atoms with Gasteiger partial charge in [-0.3, -0.25) is 0 Å². The van der Waals surface area contributed by atoms with Crippen molar-refractivity contribution in [3.8, 4) is 90.6 Å². The van der Waals surface area contributed by atoms with E-state index in [0.717, 1.165) is 77.9 Å². The van der Waals surface area contributed by atoms with Crippen LogP contribution in [0.25, 0.3) is 112 Å². The fraction of sp³-hybridized carbons (Fsp3) is 0.152. The summed E-state index contributed by atoms with van der Waals surface area (Å²) in [6.45, 7) is 0. The molecule has 5 aliphatic carbocycles. The van der Waals surface area contributed by atoms with Crippen LogP contribution in [0.4, 0.5) is 0 Å². The number of benzene rings is 9. The maximum Gasteiger partial charge on any atom is 0.164 e. The third kappa shape index (κ3) is 6.48. The lowest BCUT2D eigenvalue weighted by molar-refractivity contribution is -0.0399. The highest BCUT2D eigenvalue weighted by molar-refractivity contribution is 6.14. The fourth-order valence-electron chi connectivity index (χ4n) is 13.9. The van der Waals surface area contributed by atoms with Gasteiger partial charge < -0.3 is 0 Å². The number of hydrogen-bond donors (Lipinski definition) is 0. The number of rotatable bonds is 7. The summed E-state index contributed by atoms with van der Waals surface area (Å²) in [7, 11) is 0. The average Bonchev–Trinajstić information content (AvgIpc) is 3.74. The topological polar surface area (TPSA) is 77.3 Å². The SMILES string of the molecule is c1ccc(-c2nc(-c3ccccc3)nc(-c3cc(-c4nc(-c5ccccc5)nc(-c5ccccc5)n4)c4cc5ccccc5cc4c3-c3ccc4c(c3)C3(c5ccccc5-4)C4CC5CC(C4)CC3C5)n2)cc1. The Balaban J connectivity index is 1.06. The molecule has 5 aliphatic rings. The molecule has 0 radical (unpaired) electrons. The first-order valence-corrected chi connectivity index (χ1v) is 25.6. The summed E-state index contributed by atoms with van der Waals surface area (Å²) in [4.78, 5) is 32.1. The Morgan fingerprint density at radius 2 is 0.708 bits per heavy atom. The lowest BCUT2D eigenvalue weighted by Gasteiger charge is -2.61. The summed E-state index contributed by atoms with van der Waals surface area (Å²) >= 11 is 0. The minimum atomic E-state index is -0.0152. The van der Waals surface area contributed by atoms with E-state index < -0.39 is 0 Å². The van der Waals surface area contributed by atoms with Gasteiger partial charge >= 0.3 is 0 Å². The molecule has 1 spiro atoms. The van der Waals surface area contributed by atoms with E-state index in [0.29, 0.717) is 46.8 Å².